The van der Waals surface area contributed by atoms with Gasteiger partial charge in [-0.15, -0.1) is 0 Å². The number of nitriles is 1. The van der Waals surface area contributed by atoms with Crippen LogP contribution in [0.5, 0.6) is 5.75 Å². The molecule has 100 valence electrons. The van der Waals surface area contributed by atoms with Gasteiger partial charge in [-0.3, -0.25) is 4.79 Å². The van der Waals surface area contributed by atoms with Gasteiger partial charge in [-0.1, -0.05) is 30.3 Å². The summed E-state index contributed by atoms with van der Waals surface area (Å²) < 4.78 is 5.14. The number of amides is 1. The fourth-order valence-corrected chi connectivity index (χ4v) is 1.74. The Labute approximate surface area is 117 Å². The van der Waals surface area contributed by atoms with Crippen molar-refractivity contribution in [3.05, 3.63) is 60.2 Å². The number of hydrogen-bond donors (Lipinski definition) is 1. The number of rotatable bonds is 5. The number of nitrogens with zero attached hydrogens (tertiary/aromatic N) is 1. The lowest BCUT2D eigenvalue weighted by molar-refractivity contribution is -0.115. The summed E-state index contributed by atoms with van der Waals surface area (Å²) >= 11 is 0. The number of benzene rings is 2. The molecule has 0 aliphatic rings. The minimum absolute atomic E-state index is 0.0136. The van der Waals surface area contributed by atoms with Crippen LogP contribution in [0.2, 0.25) is 0 Å². The van der Waals surface area contributed by atoms with Gasteiger partial charge in [-0.05, 0) is 29.8 Å². The topological polar surface area (TPSA) is 62.1 Å². The van der Waals surface area contributed by atoms with Crippen LogP contribution < -0.4 is 10.1 Å². The Kier molecular flexibility index (Phi) is 4.74. The smallest absolute Gasteiger partial charge is 0.228 e. The molecule has 0 fully saturated rings. The molecular weight excluding hydrogens is 252 g/mol. The number of ether oxygens (including phenoxy) is 1. The third kappa shape index (κ3) is 4.14. The summed E-state index contributed by atoms with van der Waals surface area (Å²) in [5.41, 5.74) is 1.68. The van der Waals surface area contributed by atoms with Crippen molar-refractivity contribution in [3.63, 3.8) is 0 Å². The van der Waals surface area contributed by atoms with Crippen molar-refractivity contribution in [1.29, 1.82) is 5.26 Å². The summed E-state index contributed by atoms with van der Waals surface area (Å²) in [5.74, 6) is 0.537. The van der Waals surface area contributed by atoms with Gasteiger partial charge in [0.1, 0.15) is 11.8 Å². The molecule has 0 aliphatic carbocycles. The minimum atomic E-state index is -0.0677. The normalized spacial score (nSPS) is 9.55. The molecule has 0 atom stereocenters. The lowest BCUT2D eigenvalue weighted by Gasteiger charge is -2.06. The Morgan fingerprint density at radius 3 is 2.45 bits per heavy atom. The zero-order valence-corrected chi connectivity index (χ0v) is 10.9. The number of anilines is 1. The highest BCUT2D eigenvalue weighted by atomic mass is 16.5. The maximum Gasteiger partial charge on any atom is 0.228 e. The second kappa shape index (κ2) is 6.95. The van der Waals surface area contributed by atoms with Crippen LogP contribution >= 0.6 is 0 Å². The molecule has 0 unspecified atom stereocenters. The molecule has 1 N–H and O–H groups in total. The average molecular weight is 266 g/mol. The van der Waals surface area contributed by atoms with Crippen LogP contribution in [0.15, 0.2) is 54.6 Å². The van der Waals surface area contributed by atoms with Gasteiger partial charge < -0.3 is 10.1 Å². The van der Waals surface area contributed by atoms with E-state index in [1.807, 2.05) is 36.4 Å². The molecule has 0 radical (unpaired) electrons. The van der Waals surface area contributed by atoms with Crippen LogP contribution in [-0.4, -0.2) is 12.5 Å². The van der Waals surface area contributed by atoms with Gasteiger partial charge in [0, 0.05) is 5.69 Å². The highest BCUT2D eigenvalue weighted by Gasteiger charge is 2.03. The molecule has 0 spiro atoms. The summed E-state index contributed by atoms with van der Waals surface area (Å²) in [6, 6.07) is 18.4. The predicted octanol–water partition coefficient (Wildman–Crippen LogP) is 2.77. The molecular formula is C16H14N2O2. The van der Waals surface area contributed by atoms with E-state index in [1.54, 1.807) is 24.3 Å². The van der Waals surface area contributed by atoms with Crippen LogP contribution in [0.4, 0.5) is 5.69 Å². The number of carbonyl (C=O) groups is 1. The molecule has 0 heterocycles. The van der Waals surface area contributed by atoms with E-state index in [-0.39, 0.29) is 12.5 Å². The molecule has 1 amide bonds. The Hall–Kier alpha value is -2.80. The molecule has 4 nitrogen and oxygen atoms in total. The van der Waals surface area contributed by atoms with Crippen molar-refractivity contribution < 1.29 is 9.53 Å². The maximum absolute atomic E-state index is 11.9. The van der Waals surface area contributed by atoms with E-state index >= 15 is 0 Å². The van der Waals surface area contributed by atoms with E-state index in [9.17, 15) is 4.79 Å². The summed E-state index contributed by atoms with van der Waals surface area (Å²) in [5, 5.41) is 11.2. The first-order chi connectivity index (χ1) is 9.78. The molecule has 0 saturated carbocycles. The van der Waals surface area contributed by atoms with Crippen molar-refractivity contribution in [1.82, 2.24) is 0 Å². The van der Waals surface area contributed by atoms with Crippen molar-refractivity contribution >= 4 is 11.6 Å². The Morgan fingerprint density at radius 2 is 1.80 bits per heavy atom. The molecule has 0 saturated heterocycles. The van der Waals surface area contributed by atoms with Crippen LogP contribution in [0, 0.1) is 11.3 Å². The molecule has 0 aromatic heterocycles. The lowest BCUT2D eigenvalue weighted by Crippen LogP contribution is -2.14. The van der Waals surface area contributed by atoms with E-state index in [4.69, 9.17) is 10.00 Å². The van der Waals surface area contributed by atoms with Gasteiger partial charge in [0.2, 0.25) is 5.91 Å². The first-order valence-electron chi connectivity index (χ1n) is 6.21. The van der Waals surface area contributed by atoms with E-state index in [0.29, 0.717) is 17.9 Å². The van der Waals surface area contributed by atoms with Crippen LogP contribution in [0.1, 0.15) is 5.56 Å². The van der Waals surface area contributed by atoms with E-state index < -0.39 is 0 Å². The summed E-state index contributed by atoms with van der Waals surface area (Å²) in [6.45, 7) is 0.0136. The molecule has 20 heavy (non-hydrogen) atoms. The number of nitrogens with one attached hydrogen (secondary N) is 1. The third-order valence-electron chi connectivity index (χ3n) is 2.65. The van der Waals surface area contributed by atoms with Gasteiger partial charge in [0.15, 0.2) is 6.61 Å². The molecule has 2 rings (SSSR count). The van der Waals surface area contributed by atoms with Crippen molar-refractivity contribution in [2.75, 3.05) is 11.9 Å². The summed E-state index contributed by atoms with van der Waals surface area (Å²) in [7, 11) is 0. The first kappa shape index (κ1) is 13.6. The highest BCUT2D eigenvalue weighted by Crippen LogP contribution is 2.15. The van der Waals surface area contributed by atoms with Crippen LogP contribution in [0.3, 0.4) is 0 Å². The monoisotopic (exact) mass is 266 g/mol. The summed E-state index contributed by atoms with van der Waals surface area (Å²) in [6.07, 6.45) is 0.341. The Balaban J connectivity index is 1.90. The second-order valence-corrected chi connectivity index (χ2v) is 4.18. The van der Waals surface area contributed by atoms with Gasteiger partial charge in [-0.2, -0.15) is 5.26 Å². The third-order valence-corrected chi connectivity index (χ3v) is 2.65. The predicted molar refractivity (Wildman–Crippen MR) is 76.3 cm³/mol. The first-order valence-corrected chi connectivity index (χ1v) is 6.21. The molecule has 2 aromatic carbocycles. The van der Waals surface area contributed by atoms with Gasteiger partial charge in [0.25, 0.3) is 0 Å². The van der Waals surface area contributed by atoms with Crippen molar-refractivity contribution in [3.8, 4) is 11.8 Å². The zero-order valence-electron chi connectivity index (χ0n) is 10.9. The van der Waals surface area contributed by atoms with Gasteiger partial charge in [0.05, 0.1) is 6.42 Å². The second-order valence-electron chi connectivity index (χ2n) is 4.18. The number of carbonyl (C=O) groups excluding carboxylic acids is 1. The van der Waals surface area contributed by atoms with Crippen LogP contribution in [-0.2, 0) is 11.2 Å². The van der Waals surface area contributed by atoms with Crippen LogP contribution in [0.25, 0.3) is 0 Å². The Bertz CT molecular complexity index is 601. The largest absolute Gasteiger partial charge is 0.479 e. The fourth-order valence-electron chi connectivity index (χ4n) is 1.74. The molecule has 0 aliphatic heterocycles. The summed E-state index contributed by atoms with van der Waals surface area (Å²) in [4.78, 5) is 11.9. The molecule has 4 heteroatoms. The Morgan fingerprint density at radius 1 is 1.10 bits per heavy atom. The van der Waals surface area contributed by atoms with E-state index in [0.717, 1.165) is 5.56 Å². The fraction of sp³-hybridized carbons (Fsp3) is 0.125. The minimum Gasteiger partial charge on any atom is -0.479 e. The highest BCUT2D eigenvalue weighted by molar-refractivity contribution is 5.92. The van der Waals surface area contributed by atoms with E-state index in [2.05, 4.69) is 5.32 Å². The number of hydrogen-bond acceptors (Lipinski definition) is 3. The molecule has 0 bridgehead atoms. The van der Waals surface area contributed by atoms with Gasteiger partial charge in [-0.25, -0.2) is 0 Å². The van der Waals surface area contributed by atoms with E-state index in [1.165, 1.54) is 0 Å². The maximum atomic E-state index is 11.9. The zero-order chi connectivity index (χ0) is 14.2. The van der Waals surface area contributed by atoms with Gasteiger partial charge >= 0.3 is 0 Å². The quantitative estimate of drug-likeness (QED) is 0.905. The lowest BCUT2D eigenvalue weighted by atomic mass is 10.1. The SMILES string of the molecule is N#CCOc1ccc(NC(=O)Cc2ccccc2)cc1. The average Bonchev–Trinajstić information content (AvgIpc) is 2.47. The molecule has 2 aromatic rings. The van der Waals surface area contributed by atoms with Crippen molar-refractivity contribution in [2.24, 2.45) is 0 Å². The van der Waals surface area contributed by atoms with Crippen molar-refractivity contribution in [2.45, 2.75) is 6.42 Å². The standard InChI is InChI=1S/C16H14N2O2/c17-10-11-20-15-8-6-14(7-9-15)18-16(19)12-13-4-2-1-3-5-13/h1-9H,11-12H2,(H,18,19).